The Balaban J connectivity index is 1.62. The molecule has 158 valence electrons. The molecule has 0 radical (unpaired) electrons. The molecule has 0 atom stereocenters. The standard InChI is InChI=1S/C22H20N4O4S/c1-3-29-22(28)26-10-9-15-16(11-23)21(31-17(15)12-26)24-20(27)18-13(2)25-30-19(18)14-7-5-4-6-8-14/h4-8H,3,9-10,12H2,1-2H3,(H,24,27). The van der Waals surface area contributed by atoms with Crippen LogP contribution < -0.4 is 5.32 Å². The number of anilines is 1. The second-order valence-corrected chi connectivity index (χ2v) is 8.09. The minimum Gasteiger partial charge on any atom is -0.450 e. The highest BCUT2D eigenvalue weighted by Crippen LogP contribution is 2.37. The molecule has 0 saturated carbocycles. The summed E-state index contributed by atoms with van der Waals surface area (Å²) in [5.74, 6) is -0.0149. The summed E-state index contributed by atoms with van der Waals surface area (Å²) in [7, 11) is 0. The van der Waals surface area contributed by atoms with Gasteiger partial charge in [-0.2, -0.15) is 5.26 Å². The number of amides is 2. The van der Waals surface area contributed by atoms with Crippen LogP contribution in [-0.4, -0.2) is 35.2 Å². The number of carbonyl (C=O) groups is 2. The number of thiophene rings is 1. The van der Waals surface area contributed by atoms with Crippen molar-refractivity contribution in [3.05, 3.63) is 57.6 Å². The number of ether oxygens (including phenoxy) is 1. The lowest BCUT2D eigenvalue weighted by molar-refractivity contribution is 0.102. The van der Waals surface area contributed by atoms with Gasteiger partial charge < -0.3 is 19.5 Å². The van der Waals surface area contributed by atoms with E-state index in [9.17, 15) is 14.9 Å². The van der Waals surface area contributed by atoms with Gasteiger partial charge >= 0.3 is 6.09 Å². The Bertz CT molecular complexity index is 1180. The summed E-state index contributed by atoms with van der Waals surface area (Å²) in [6.45, 7) is 4.58. The Labute approximate surface area is 183 Å². The van der Waals surface area contributed by atoms with Crippen molar-refractivity contribution in [1.82, 2.24) is 10.1 Å². The summed E-state index contributed by atoms with van der Waals surface area (Å²) >= 11 is 1.30. The first-order valence-corrected chi connectivity index (χ1v) is 10.6. The number of hydrogen-bond donors (Lipinski definition) is 1. The molecule has 1 aromatic carbocycles. The third-order valence-electron chi connectivity index (χ3n) is 5.05. The Hall–Kier alpha value is -3.64. The van der Waals surface area contributed by atoms with Crippen LogP contribution in [0.2, 0.25) is 0 Å². The number of rotatable bonds is 4. The van der Waals surface area contributed by atoms with Gasteiger partial charge in [0.15, 0.2) is 5.76 Å². The van der Waals surface area contributed by atoms with Crippen molar-refractivity contribution >= 4 is 28.3 Å². The number of nitrogens with one attached hydrogen (secondary N) is 1. The van der Waals surface area contributed by atoms with Gasteiger partial charge in [-0.1, -0.05) is 35.5 Å². The van der Waals surface area contributed by atoms with E-state index >= 15 is 0 Å². The van der Waals surface area contributed by atoms with Gasteiger partial charge in [-0.05, 0) is 25.8 Å². The maximum Gasteiger partial charge on any atom is 0.410 e. The third-order valence-corrected chi connectivity index (χ3v) is 6.18. The molecule has 9 heteroatoms. The number of aryl methyl sites for hydroxylation is 1. The summed E-state index contributed by atoms with van der Waals surface area (Å²) < 4.78 is 10.5. The van der Waals surface area contributed by atoms with Crippen molar-refractivity contribution < 1.29 is 18.8 Å². The predicted octanol–water partition coefficient (Wildman–Crippen LogP) is 4.35. The van der Waals surface area contributed by atoms with E-state index in [1.54, 1.807) is 18.7 Å². The molecule has 0 spiro atoms. The molecule has 1 aliphatic heterocycles. The van der Waals surface area contributed by atoms with Crippen LogP contribution in [-0.2, 0) is 17.7 Å². The summed E-state index contributed by atoms with van der Waals surface area (Å²) in [5.41, 5.74) is 2.84. The molecule has 3 heterocycles. The predicted molar refractivity (Wildman–Crippen MR) is 115 cm³/mol. The Morgan fingerprint density at radius 1 is 1.35 bits per heavy atom. The molecular weight excluding hydrogens is 416 g/mol. The molecule has 4 rings (SSSR count). The summed E-state index contributed by atoms with van der Waals surface area (Å²) in [6.07, 6.45) is 0.156. The minimum atomic E-state index is -0.394. The van der Waals surface area contributed by atoms with Crippen molar-refractivity contribution in [3.63, 3.8) is 0 Å². The van der Waals surface area contributed by atoms with Gasteiger partial charge in [-0.25, -0.2) is 4.79 Å². The van der Waals surface area contributed by atoms with Gasteiger partial charge in [0, 0.05) is 17.0 Å². The van der Waals surface area contributed by atoms with Crippen LogP contribution in [0.5, 0.6) is 0 Å². The first-order valence-electron chi connectivity index (χ1n) is 9.82. The largest absolute Gasteiger partial charge is 0.450 e. The lowest BCUT2D eigenvalue weighted by Gasteiger charge is -2.25. The molecule has 0 unspecified atom stereocenters. The number of hydrogen-bond acceptors (Lipinski definition) is 7. The zero-order valence-electron chi connectivity index (χ0n) is 17.1. The van der Waals surface area contributed by atoms with Crippen LogP contribution >= 0.6 is 11.3 Å². The molecule has 0 saturated heterocycles. The number of nitrogens with zero attached hydrogens (tertiary/aromatic N) is 3. The van der Waals surface area contributed by atoms with E-state index in [0.29, 0.717) is 53.7 Å². The van der Waals surface area contributed by atoms with E-state index in [1.165, 1.54) is 11.3 Å². The molecule has 31 heavy (non-hydrogen) atoms. The van der Waals surface area contributed by atoms with Gasteiger partial charge in [0.1, 0.15) is 16.6 Å². The zero-order valence-corrected chi connectivity index (χ0v) is 17.9. The summed E-state index contributed by atoms with van der Waals surface area (Å²) in [6, 6.07) is 11.5. The van der Waals surface area contributed by atoms with Gasteiger partial charge in [0.05, 0.1) is 24.4 Å². The molecule has 0 aliphatic carbocycles. The minimum absolute atomic E-state index is 0.305. The first kappa shape index (κ1) is 20.6. The third kappa shape index (κ3) is 3.90. The average molecular weight is 436 g/mol. The van der Waals surface area contributed by atoms with Crippen LogP contribution in [0, 0.1) is 18.3 Å². The molecule has 8 nitrogen and oxygen atoms in total. The van der Waals surface area contributed by atoms with Gasteiger partial charge in [0.25, 0.3) is 5.91 Å². The fraction of sp³-hybridized carbons (Fsp3) is 0.273. The molecule has 2 aromatic heterocycles. The molecule has 2 amide bonds. The fourth-order valence-electron chi connectivity index (χ4n) is 3.57. The Kier molecular flexibility index (Phi) is 5.73. The normalized spacial score (nSPS) is 12.7. The second-order valence-electron chi connectivity index (χ2n) is 6.98. The maximum absolute atomic E-state index is 13.1. The van der Waals surface area contributed by atoms with Crippen molar-refractivity contribution in [2.45, 2.75) is 26.8 Å². The molecular formula is C22H20N4O4S. The van der Waals surface area contributed by atoms with E-state index in [4.69, 9.17) is 9.26 Å². The molecule has 1 aliphatic rings. The van der Waals surface area contributed by atoms with Crippen LogP contribution in [0.15, 0.2) is 34.9 Å². The SMILES string of the molecule is CCOC(=O)N1CCc2c(sc(NC(=O)c3c(C)noc3-c3ccccc3)c2C#N)C1. The van der Waals surface area contributed by atoms with Crippen molar-refractivity contribution in [1.29, 1.82) is 5.26 Å². The van der Waals surface area contributed by atoms with E-state index in [0.717, 1.165) is 16.0 Å². The van der Waals surface area contributed by atoms with Crippen LogP contribution in [0.4, 0.5) is 9.80 Å². The maximum atomic E-state index is 13.1. The number of nitriles is 1. The smallest absolute Gasteiger partial charge is 0.410 e. The van der Waals surface area contributed by atoms with E-state index < -0.39 is 5.91 Å². The number of aromatic nitrogens is 1. The topological polar surface area (TPSA) is 108 Å². The fourth-order valence-corrected chi connectivity index (χ4v) is 4.78. The lowest BCUT2D eigenvalue weighted by Crippen LogP contribution is -2.35. The average Bonchev–Trinajstić information content (AvgIpc) is 3.33. The van der Waals surface area contributed by atoms with E-state index in [1.807, 2.05) is 30.3 Å². The number of carbonyl (C=O) groups excluding carboxylic acids is 2. The molecule has 0 fully saturated rings. The molecule has 0 bridgehead atoms. The van der Waals surface area contributed by atoms with Crippen molar-refractivity contribution in [3.8, 4) is 17.4 Å². The Morgan fingerprint density at radius 3 is 2.84 bits per heavy atom. The Morgan fingerprint density at radius 2 is 2.13 bits per heavy atom. The monoisotopic (exact) mass is 436 g/mol. The van der Waals surface area contributed by atoms with E-state index in [-0.39, 0.29) is 6.09 Å². The van der Waals surface area contributed by atoms with Crippen molar-refractivity contribution in [2.24, 2.45) is 0 Å². The lowest BCUT2D eigenvalue weighted by atomic mass is 10.0. The van der Waals surface area contributed by atoms with E-state index in [2.05, 4.69) is 16.5 Å². The van der Waals surface area contributed by atoms with Crippen molar-refractivity contribution in [2.75, 3.05) is 18.5 Å². The molecule has 1 N–H and O–H groups in total. The highest BCUT2D eigenvalue weighted by Gasteiger charge is 2.29. The van der Waals surface area contributed by atoms with Gasteiger partial charge in [0.2, 0.25) is 0 Å². The second kappa shape index (κ2) is 8.62. The van der Waals surface area contributed by atoms with Gasteiger partial charge in [-0.15, -0.1) is 11.3 Å². The quantitative estimate of drug-likeness (QED) is 0.651. The number of benzene rings is 1. The zero-order chi connectivity index (χ0) is 22.0. The number of fused-ring (bicyclic) bond motifs is 1. The highest BCUT2D eigenvalue weighted by atomic mass is 32.1. The van der Waals surface area contributed by atoms with Gasteiger partial charge in [-0.3, -0.25) is 4.79 Å². The first-order chi connectivity index (χ1) is 15.0. The summed E-state index contributed by atoms with van der Waals surface area (Å²) in [5, 5.41) is 17.0. The van der Waals surface area contributed by atoms with Crippen LogP contribution in [0.1, 0.15) is 39.0 Å². The van der Waals surface area contributed by atoms with Crippen LogP contribution in [0.3, 0.4) is 0 Å². The van der Waals surface area contributed by atoms with Crippen LogP contribution in [0.25, 0.3) is 11.3 Å². The highest BCUT2D eigenvalue weighted by molar-refractivity contribution is 7.16. The molecule has 3 aromatic rings. The summed E-state index contributed by atoms with van der Waals surface area (Å²) in [4.78, 5) is 27.7.